The van der Waals surface area contributed by atoms with Crippen LogP contribution in [0.5, 0.6) is 0 Å². The fourth-order valence-electron chi connectivity index (χ4n) is 2.00. The highest BCUT2D eigenvalue weighted by Crippen LogP contribution is 2.15. The quantitative estimate of drug-likeness (QED) is 0.666. The Morgan fingerprint density at radius 3 is 2.24 bits per heavy atom. The van der Waals surface area contributed by atoms with Gasteiger partial charge in [-0.25, -0.2) is 0 Å². The lowest BCUT2D eigenvalue weighted by Crippen LogP contribution is -2.55. The second kappa shape index (κ2) is 8.03. The lowest BCUT2D eigenvalue weighted by Gasteiger charge is -2.38. The number of hydrogen-bond acceptors (Lipinski definition) is 4. The zero-order valence-electron chi connectivity index (χ0n) is 12.5. The number of hydrogen-bond donors (Lipinski definition) is 1. The average molecular weight is 246 g/mol. The molecular formula is C13H30N2O2. The zero-order chi connectivity index (χ0) is 13.5. The maximum absolute atomic E-state index is 5.56. The molecule has 0 aliphatic heterocycles. The summed E-state index contributed by atoms with van der Waals surface area (Å²) in [6.45, 7) is 11.3. The average Bonchev–Trinajstić information content (AvgIpc) is 2.30. The fourth-order valence-corrected chi connectivity index (χ4v) is 2.00. The molecule has 104 valence electrons. The van der Waals surface area contributed by atoms with Crippen LogP contribution >= 0.6 is 0 Å². The highest BCUT2D eigenvalue weighted by molar-refractivity contribution is 4.88. The zero-order valence-corrected chi connectivity index (χ0v) is 12.5. The molecule has 0 saturated heterocycles. The Labute approximate surface area is 107 Å². The number of nitrogens with zero attached hydrogens (tertiary/aromatic N) is 1. The molecule has 2 atom stereocenters. The molecule has 0 aromatic heterocycles. The maximum Gasteiger partial charge on any atom is 0.0787 e. The summed E-state index contributed by atoms with van der Waals surface area (Å²) in [5.74, 6) is 0. The third-order valence-corrected chi connectivity index (χ3v) is 3.57. The van der Waals surface area contributed by atoms with Crippen LogP contribution in [0, 0.1) is 0 Å². The van der Waals surface area contributed by atoms with E-state index in [1.54, 1.807) is 14.2 Å². The van der Waals surface area contributed by atoms with E-state index in [0.29, 0.717) is 12.1 Å². The summed E-state index contributed by atoms with van der Waals surface area (Å²) in [7, 11) is 5.50. The summed E-state index contributed by atoms with van der Waals surface area (Å²) in [4.78, 5) is 2.41. The SMILES string of the molecule is CCN(CC(NC)C(C)(C)OC)C(C)COC. The van der Waals surface area contributed by atoms with E-state index in [1.165, 1.54) is 0 Å². The molecule has 0 aromatic carbocycles. The number of ether oxygens (including phenoxy) is 2. The molecule has 4 heteroatoms. The van der Waals surface area contributed by atoms with Gasteiger partial charge in [-0.2, -0.15) is 0 Å². The molecule has 0 heterocycles. The first-order valence-corrected chi connectivity index (χ1v) is 6.38. The van der Waals surface area contributed by atoms with Gasteiger partial charge in [0.15, 0.2) is 0 Å². The molecule has 0 amide bonds. The molecule has 0 aromatic rings. The highest BCUT2D eigenvalue weighted by atomic mass is 16.5. The van der Waals surface area contributed by atoms with Crippen LogP contribution < -0.4 is 5.32 Å². The Hall–Kier alpha value is -0.160. The standard InChI is InChI=1S/C13H30N2O2/c1-8-15(11(2)10-16-6)9-12(14-5)13(3,4)17-7/h11-12,14H,8-10H2,1-7H3. The number of methoxy groups -OCH3 is 2. The van der Waals surface area contributed by atoms with Crippen LogP contribution in [0.25, 0.3) is 0 Å². The molecule has 0 saturated carbocycles. The molecular weight excluding hydrogens is 216 g/mol. The first kappa shape index (κ1) is 16.8. The van der Waals surface area contributed by atoms with Gasteiger partial charge in [0.1, 0.15) is 0 Å². The van der Waals surface area contributed by atoms with E-state index in [0.717, 1.165) is 19.7 Å². The second-order valence-electron chi connectivity index (χ2n) is 5.04. The van der Waals surface area contributed by atoms with Crippen molar-refractivity contribution in [1.29, 1.82) is 0 Å². The molecule has 2 unspecified atom stereocenters. The molecule has 0 bridgehead atoms. The van der Waals surface area contributed by atoms with Gasteiger partial charge < -0.3 is 14.8 Å². The van der Waals surface area contributed by atoms with Crippen molar-refractivity contribution in [3.05, 3.63) is 0 Å². The molecule has 0 spiro atoms. The van der Waals surface area contributed by atoms with Crippen molar-refractivity contribution >= 4 is 0 Å². The van der Waals surface area contributed by atoms with E-state index in [4.69, 9.17) is 9.47 Å². The largest absolute Gasteiger partial charge is 0.383 e. The Morgan fingerprint density at radius 1 is 1.29 bits per heavy atom. The van der Waals surface area contributed by atoms with Crippen LogP contribution in [0.1, 0.15) is 27.7 Å². The summed E-state index contributed by atoms with van der Waals surface area (Å²) in [5.41, 5.74) is -0.172. The molecule has 0 aliphatic rings. The van der Waals surface area contributed by atoms with Gasteiger partial charge in [0.05, 0.1) is 12.2 Å². The van der Waals surface area contributed by atoms with Crippen molar-refractivity contribution in [3.8, 4) is 0 Å². The minimum Gasteiger partial charge on any atom is -0.383 e. The van der Waals surface area contributed by atoms with Crippen molar-refractivity contribution in [2.24, 2.45) is 0 Å². The molecule has 17 heavy (non-hydrogen) atoms. The van der Waals surface area contributed by atoms with Crippen LogP contribution in [0.15, 0.2) is 0 Å². The minimum atomic E-state index is -0.172. The van der Waals surface area contributed by atoms with Gasteiger partial charge in [0.25, 0.3) is 0 Å². The third-order valence-electron chi connectivity index (χ3n) is 3.57. The number of rotatable bonds is 9. The topological polar surface area (TPSA) is 33.7 Å². The molecule has 0 aliphatic carbocycles. The van der Waals surface area contributed by atoms with Gasteiger partial charge in [-0.3, -0.25) is 4.90 Å². The van der Waals surface area contributed by atoms with E-state index in [2.05, 4.69) is 37.9 Å². The predicted octanol–water partition coefficient (Wildman–Crippen LogP) is 1.36. The summed E-state index contributed by atoms with van der Waals surface area (Å²) < 4.78 is 10.8. The van der Waals surface area contributed by atoms with Gasteiger partial charge in [0.2, 0.25) is 0 Å². The Morgan fingerprint density at radius 2 is 1.88 bits per heavy atom. The number of likely N-dealkylation sites (N-methyl/N-ethyl adjacent to an activating group) is 2. The Kier molecular flexibility index (Phi) is 7.96. The van der Waals surface area contributed by atoms with E-state index in [1.807, 2.05) is 7.05 Å². The Bertz CT molecular complexity index is 198. The molecule has 0 radical (unpaired) electrons. The first-order valence-electron chi connectivity index (χ1n) is 6.38. The summed E-state index contributed by atoms with van der Waals surface area (Å²) in [6.07, 6.45) is 0. The van der Waals surface area contributed by atoms with E-state index >= 15 is 0 Å². The smallest absolute Gasteiger partial charge is 0.0787 e. The van der Waals surface area contributed by atoms with Crippen LogP contribution in [-0.2, 0) is 9.47 Å². The van der Waals surface area contributed by atoms with Crippen LogP contribution in [0.3, 0.4) is 0 Å². The summed E-state index contributed by atoms with van der Waals surface area (Å²) >= 11 is 0. The van der Waals surface area contributed by atoms with E-state index < -0.39 is 0 Å². The van der Waals surface area contributed by atoms with Crippen LogP contribution in [0.2, 0.25) is 0 Å². The molecule has 1 N–H and O–H groups in total. The normalized spacial score (nSPS) is 16.2. The highest BCUT2D eigenvalue weighted by Gasteiger charge is 2.30. The predicted molar refractivity (Wildman–Crippen MR) is 72.5 cm³/mol. The van der Waals surface area contributed by atoms with Gasteiger partial charge in [-0.15, -0.1) is 0 Å². The van der Waals surface area contributed by atoms with E-state index in [-0.39, 0.29) is 5.60 Å². The van der Waals surface area contributed by atoms with Gasteiger partial charge in [-0.1, -0.05) is 6.92 Å². The lowest BCUT2D eigenvalue weighted by atomic mass is 9.97. The van der Waals surface area contributed by atoms with Crippen LogP contribution in [0.4, 0.5) is 0 Å². The maximum atomic E-state index is 5.56. The second-order valence-corrected chi connectivity index (χ2v) is 5.04. The Balaban J connectivity index is 4.51. The van der Waals surface area contributed by atoms with Crippen molar-refractivity contribution in [2.45, 2.75) is 45.4 Å². The monoisotopic (exact) mass is 246 g/mol. The fraction of sp³-hybridized carbons (Fsp3) is 1.00. The molecule has 0 fully saturated rings. The van der Waals surface area contributed by atoms with Crippen LogP contribution in [-0.4, -0.2) is 63.5 Å². The molecule has 4 nitrogen and oxygen atoms in total. The minimum absolute atomic E-state index is 0.172. The lowest BCUT2D eigenvalue weighted by molar-refractivity contribution is -0.0237. The first-order chi connectivity index (χ1) is 7.92. The van der Waals surface area contributed by atoms with E-state index in [9.17, 15) is 0 Å². The van der Waals surface area contributed by atoms with Crippen molar-refractivity contribution in [2.75, 3.05) is 41.0 Å². The number of nitrogens with one attached hydrogen (secondary N) is 1. The van der Waals surface area contributed by atoms with Gasteiger partial charge in [-0.05, 0) is 34.4 Å². The van der Waals surface area contributed by atoms with Crippen molar-refractivity contribution < 1.29 is 9.47 Å². The summed E-state index contributed by atoms with van der Waals surface area (Å²) in [6, 6.07) is 0.722. The van der Waals surface area contributed by atoms with Gasteiger partial charge in [0, 0.05) is 32.8 Å². The van der Waals surface area contributed by atoms with Gasteiger partial charge >= 0.3 is 0 Å². The molecule has 0 rings (SSSR count). The summed E-state index contributed by atoms with van der Waals surface area (Å²) in [5, 5.41) is 3.35. The van der Waals surface area contributed by atoms with Crippen molar-refractivity contribution in [3.63, 3.8) is 0 Å². The van der Waals surface area contributed by atoms with Crippen molar-refractivity contribution in [1.82, 2.24) is 10.2 Å². The third kappa shape index (κ3) is 5.34.